The van der Waals surface area contributed by atoms with Gasteiger partial charge in [-0.3, -0.25) is 9.52 Å². The van der Waals surface area contributed by atoms with Crippen molar-refractivity contribution in [2.45, 2.75) is 48.4 Å². The fourth-order valence-electron chi connectivity index (χ4n) is 3.08. The Kier molecular flexibility index (Phi) is 7.93. The highest BCUT2D eigenvalue weighted by Gasteiger charge is 2.17. The Morgan fingerprint density at radius 3 is 2.41 bits per heavy atom. The lowest BCUT2D eigenvalue weighted by atomic mass is 10.2. The van der Waals surface area contributed by atoms with Crippen LogP contribution < -0.4 is 10.0 Å². The Balaban J connectivity index is 1.63. The van der Waals surface area contributed by atoms with Crippen molar-refractivity contribution >= 4 is 33.4 Å². The molecule has 0 atom stereocenters. The summed E-state index contributed by atoms with van der Waals surface area (Å²) in [6.07, 6.45) is 3.54. The Morgan fingerprint density at radius 2 is 1.78 bits per heavy atom. The molecule has 0 saturated carbocycles. The highest BCUT2D eigenvalue weighted by molar-refractivity contribution is 7.99. The summed E-state index contributed by atoms with van der Waals surface area (Å²) in [6, 6.07) is 15.9. The van der Waals surface area contributed by atoms with E-state index >= 15 is 0 Å². The third-order valence-electron chi connectivity index (χ3n) is 4.76. The van der Waals surface area contributed by atoms with Gasteiger partial charge in [-0.15, -0.1) is 0 Å². The maximum absolute atomic E-state index is 12.7. The summed E-state index contributed by atoms with van der Waals surface area (Å²) in [4.78, 5) is 17.6. The first kappa shape index (κ1) is 23.8. The van der Waals surface area contributed by atoms with E-state index in [2.05, 4.69) is 21.9 Å². The lowest BCUT2D eigenvalue weighted by Gasteiger charge is -2.11. The molecule has 0 aliphatic carbocycles. The molecule has 168 valence electrons. The molecule has 2 aromatic carbocycles. The molecule has 0 saturated heterocycles. The van der Waals surface area contributed by atoms with E-state index in [1.54, 1.807) is 49.5 Å². The first-order valence-electron chi connectivity index (χ1n) is 10.4. The molecule has 1 heterocycles. The highest BCUT2D eigenvalue weighted by atomic mass is 32.2. The lowest BCUT2D eigenvalue weighted by Crippen LogP contribution is -2.24. The zero-order valence-corrected chi connectivity index (χ0v) is 20.0. The van der Waals surface area contributed by atoms with E-state index in [-0.39, 0.29) is 10.8 Å². The summed E-state index contributed by atoms with van der Waals surface area (Å²) < 4.78 is 28.1. The zero-order chi connectivity index (χ0) is 23.1. The standard InChI is InChI=1S/C24H27N3O3S2/c1-4-5-14-25-24(28)19-7-13-23(26-16-19)31-21-10-8-20(9-11-21)27-32(29,30)22-12-6-17(2)15-18(22)3/h6-13,15-16,27H,4-5,14H2,1-3H3,(H,25,28). The molecule has 8 heteroatoms. The van der Waals surface area contributed by atoms with E-state index in [1.165, 1.54) is 11.8 Å². The van der Waals surface area contributed by atoms with Crippen LogP contribution >= 0.6 is 11.8 Å². The molecule has 6 nitrogen and oxygen atoms in total. The number of carbonyl (C=O) groups is 1. The summed E-state index contributed by atoms with van der Waals surface area (Å²) in [5.41, 5.74) is 2.74. The number of anilines is 1. The third kappa shape index (κ3) is 6.34. The number of aromatic nitrogens is 1. The Hall–Kier alpha value is -2.84. The number of nitrogens with one attached hydrogen (secondary N) is 2. The van der Waals surface area contributed by atoms with Crippen molar-refractivity contribution in [3.8, 4) is 0 Å². The molecule has 0 aliphatic heterocycles. The molecule has 0 bridgehead atoms. The molecular weight excluding hydrogens is 442 g/mol. The van der Waals surface area contributed by atoms with Gasteiger partial charge in [-0.1, -0.05) is 42.8 Å². The SMILES string of the molecule is CCCCNC(=O)c1ccc(Sc2ccc(NS(=O)(=O)c3ccc(C)cc3C)cc2)nc1. The number of carbonyl (C=O) groups excluding carboxylic acids is 1. The van der Waals surface area contributed by atoms with Crippen LogP contribution in [0.4, 0.5) is 5.69 Å². The third-order valence-corrected chi connectivity index (χ3v) is 7.26. The molecule has 0 fully saturated rings. The number of nitrogens with zero attached hydrogens (tertiary/aromatic N) is 1. The van der Waals surface area contributed by atoms with Gasteiger partial charge in [0.2, 0.25) is 0 Å². The van der Waals surface area contributed by atoms with Crippen LogP contribution in [0.1, 0.15) is 41.3 Å². The van der Waals surface area contributed by atoms with Gasteiger partial charge in [0.15, 0.2) is 0 Å². The summed E-state index contributed by atoms with van der Waals surface area (Å²) in [7, 11) is -3.66. The van der Waals surface area contributed by atoms with Crippen LogP contribution in [0.15, 0.2) is 75.6 Å². The second kappa shape index (κ2) is 10.7. The number of pyridine rings is 1. The predicted octanol–water partition coefficient (Wildman–Crippen LogP) is 5.18. The van der Waals surface area contributed by atoms with Gasteiger partial charge >= 0.3 is 0 Å². The first-order valence-corrected chi connectivity index (χ1v) is 12.7. The van der Waals surface area contributed by atoms with Crippen molar-refractivity contribution in [2.24, 2.45) is 0 Å². The number of aryl methyl sites for hydroxylation is 2. The topological polar surface area (TPSA) is 88.2 Å². The lowest BCUT2D eigenvalue weighted by molar-refractivity contribution is 0.0952. The summed E-state index contributed by atoms with van der Waals surface area (Å²) in [6.45, 7) is 6.45. The minimum Gasteiger partial charge on any atom is -0.352 e. The molecule has 0 unspecified atom stereocenters. The van der Waals surface area contributed by atoms with Crippen LogP contribution in [0.25, 0.3) is 0 Å². The van der Waals surface area contributed by atoms with Crippen molar-refractivity contribution < 1.29 is 13.2 Å². The molecule has 1 amide bonds. The molecule has 3 aromatic rings. The number of rotatable bonds is 9. The fraction of sp³-hybridized carbons (Fsp3) is 0.250. The van der Waals surface area contributed by atoms with Gasteiger partial charge in [-0.25, -0.2) is 13.4 Å². The molecule has 0 spiro atoms. The Morgan fingerprint density at radius 1 is 1.03 bits per heavy atom. The van der Waals surface area contributed by atoms with Crippen molar-refractivity contribution in [1.29, 1.82) is 0 Å². The van der Waals surface area contributed by atoms with E-state index in [0.717, 1.165) is 28.3 Å². The van der Waals surface area contributed by atoms with Gasteiger partial charge in [0.05, 0.1) is 10.5 Å². The number of hydrogen-bond donors (Lipinski definition) is 2. The van der Waals surface area contributed by atoms with E-state index in [1.807, 2.05) is 25.1 Å². The van der Waals surface area contributed by atoms with Crippen LogP contribution in [0.2, 0.25) is 0 Å². The van der Waals surface area contributed by atoms with Crippen molar-refractivity contribution in [1.82, 2.24) is 10.3 Å². The van der Waals surface area contributed by atoms with Gasteiger partial charge in [-0.2, -0.15) is 0 Å². The number of hydrogen-bond acceptors (Lipinski definition) is 5. The Labute approximate surface area is 193 Å². The van der Waals surface area contributed by atoms with E-state index in [9.17, 15) is 13.2 Å². The molecule has 3 rings (SSSR count). The van der Waals surface area contributed by atoms with Gasteiger partial charge in [0.1, 0.15) is 5.03 Å². The first-order chi connectivity index (χ1) is 15.3. The van der Waals surface area contributed by atoms with Crippen LogP contribution in [0.5, 0.6) is 0 Å². The normalized spacial score (nSPS) is 11.2. The maximum atomic E-state index is 12.7. The van der Waals surface area contributed by atoms with Crippen molar-refractivity contribution in [2.75, 3.05) is 11.3 Å². The second-order valence-electron chi connectivity index (χ2n) is 7.50. The minimum absolute atomic E-state index is 0.122. The molecular formula is C24H27N3O3S2. The number of benzene rings is 2. The van der Waals surface area contributed by atoms with Gasteiger partial charge in [-0.05, 0) is 68.3 Å². The average molecular weight is 470 g/mol. The number of sulfonamides is 1. The van der Waals surface area contributed by atoms with Crippen LogP contribution in [0, 0.1) is 13.8 Å². The Bertz CT molecular complexity index is 1180. The maximum Gasteiger partial charge on any atom is 0.262 e. The average Bonchev–Trinajstić information content (AvgIpc) is 2.75. The van der Waals surface area contributed by atoms with E-state index < -0.39 is 10.0 Å². The molecule has 2 N–H and O–H groups in total. The van der Waals surface area contributed by atoms with E-state index in [0.29, 0.717) is 23.4 Å². The van der Waals surface area contributed by atoms with Crippen molar-refractivity contribution in [3.63, 3.8) is 0 Å². The van der Waals surface area contributed by atoms with Crippen LogP contribution in [0.3, 0.4) is 0 Å². The smallest absolute Gasteiger partial charge is 0.262 e. The van der Waals surface area contributed by atoms with Gasteiger partial charge in [0, 0.05) is 23.3 Å². The van der Waals surface area contributed by atoms with Gasteiger partial charge < -0.3 is 5.32 Å². The summed E-state index contributed by atoms with van der Waals surface area (Å²) in [5.74, 6) is -0.122. The molecule has 0 aliphatic rings. The van der Waals surface area contributed by atoms with Crippen molar-refractivity contribution in [3.05, 3.63) is 77.5 Å². The number of amides is 1. The second-order valence-corrected chi connectivity index (χ2v) is 10.2. The zero-order valence-electron chi connectivity index (χ0n) is 18.4. The molecule has 1 aromatic heterocycles. The predicted molar refractivity (Wildman–Crippen MR) is 129 cm³/mol. The van der Waals surface area contributed by atoms with Crippen LogP contribution in [-0.4, -0.2) is 25.9 Å². The van der Waals surface area contributed by atoms with Crippen LogP contribution in [-0.2, 0) is 10.0 Å². The molecule has 0 radical (unpaired) electrons. The molecule has 32 heavy (non-hydrogen) atoms. The minimum atomic E-state index is -3.66. The monoisotopic (exact) mass is 469 g/mol. The van der Waals surface area contributed by atoms with E-state index in [4.69, 9.17) is 0 Å². The quantitative estimate of drug-likeness (QED) is 0.422. The highest BCUT2D eigenvalue weighted by Crippen LogP contribution is 2.28. The largest absolute Gasteiger partial charge is 0.352 e. The van der Waals surface area contributed by atoms with Gasteiger partial charge in [0.25, 0.3) is 15.9 Å². The fourth-order valence-corrected chi connectivity index (χ4v) is 5.12. The summed E-state index contributed by atoms with van der Waals surface area (Å²) in [5, 5.41) is 3.62. The summed E-state index contributed by atoms with van der Waals surface area (Å²) >= 11 is 1.44. The number of unbranched alkanes of at least 4 members (excludes halogenated alkanes) is 1.